The minimum Gasteiger partial charge on any atom is -0.368 e. The predicted octanol–water partition coefficient (Wildman–Crippen LogP) is -1.94. The van der Waals surface area contributed by atoms with Crippen LogP contribution in [0.2, 0.25) is 0 Å². The van der Waals surface area contributed by atoms with Crippen LogP contribution in [0.15, 0.2) is 12.5 Å². The van der Waals surface area contributed by atoms with Crippen molar-refractivity contribution in [2.45, 2.75) is 6.54 Å². The lowest BCUT2D eigenvalue weighted by Gasteiger charge is -1.98. The molecule has 1 heterocycles. The summed E-state index contributed by atoms with van der Waals surface area (Å²) < 4.78 is 1.69. The van der Waals surface area contributed by atoms with E-state index in [1.807, 2.05) is 0 Å². The molecule has 0 radical (unpaired) electrons. The monoisotopic (exact) mass is 211 g/mol. The number of rotatable bonds is 5. The second-order valence-electron chi connectivity index (χ2n) is 2.93. The van der Waals surface area contributed by atoms with Gasteiger partial charge in [0.15, 0.2) is 0 Å². The molecule has 0 spiro atoms. The van der Waals surface area contributed by atoms with E-state index in [-0.39, 0.29) is 12.2 Å². The average Bonchev–Trinajstić information content (AvgIpc) is 2.63. The number of nitrogens with two attached hydrogens (primary N) is 2. The van der Waals surface area contributed by atoms with Gasteiger partial charge in [-0.25, -0.2) is 4.98 Å². The maximum Gasteiger partial charge on any atom is 0.271 e. The van der Waals surface area contributed by atoms with Gasteiger partial charge in [-0.15, -0.1) is 0 Å². The fourth-order valence-electron chi connectivity index (χ4n) is 1.01. The maximum absolute atomic E-state index is 11.3. The molecule has 15 heavy (non-hydrogen) atoms. The molecular weight excluding hydrogens is 198 g/mol. The molecule has 0 atom stereocenters. The Morgan fingerprint density at radius 2 is 2.27 bits per heavy atom. The Labute approximate surface area is 86.4 Å². The van der Waals surface area contributed by atoms with E-state index in [1.165, 1.54) is 6.33 Å². The van der Waals surface area contributed by atoms with Crippen LogP contribution in [0.3, 0.4) is 0 Å². The normalized spacial score (nSPS) is 9.93. The van der Waals surface area contributed by atoms with Crippen molar-refractivity contribution in [2.24, 2.45) is 11.5 Å². The molecule has 82 valence electrons. The maximum atomic E-state index is 11.3. The lowest BCUT2D eigenvalue weighted by Crippen LogP contribution is -2.33. The highest BCUT2D eigenvalue weighted by Crippen LogP contribution is 1.95. The fourth-order valence-corrected chi connectivity index (χ4v) is 1.01. The summed E-state index contributed by atoms with van der Waals surface area (Å²) in [5.41, 5.74) is 10.5. The molecule has 1 aromatic rings. The SMILES string of the molecule is NCCn1cnc(C(=O)NCC(N)=O)c1. The van der Waals surface area contributed by atoms with Gasteiger partial charge in [0.25, 0.3) is 5.91 Å². The molecule has 0 aliphatic heterocycles. The number of amides is 2. The Kier molecular flexibility index (Phi) is 3.81. The largest absolute Gasteiger partial charge is 0.368 e. The number of nitrogens with zero attached hydrogens (tertiary/aromatic N) is 2. The predicted molar refractivity (Wildman–Crippen MR) is 52.8 cm³/mol. The molecule has 0 saturated carbocycles. The first-order chi connectivity index (χ1) is 7.13. The lowest BCUT2D eigenvalue weighted by molar-refractivity contribution is -0.117. The van der Waals surface area contributed by atoms with Crippen molar-refractivity contribution in [3.8, 4) is 0 Å². The van der Waals surface area contributed by atoms with Gasteiger partial charge in [-0.3, -0.25) is 9.59 Å². The van der Waals surface area contributed by atoms with Crippen LogP contribution in [-0.2, 0) is 11.3 Å². The molecule has 1 aromatic heterocycles. The first kappa shape index (κ1) is 11.2. The van der Waals surface area contributed by atoms with Crippen LogP contribution in [0, 0.1) is 0 Å². The van der Waals surface area contributed by atoms with Crippen molar-refractivity contribution in [2.75, 3.05) is 13.1 Å². The Hall–Kier alpha value is -1.89. The topological polar surface area (TPSA) is 116 Å². The number of imidazole rings is 1. The molecule has 0 aliphatic carbocycles. The molecule has 7 nitrogen and oxygen atoms in total. The van der Waals surface area contributed by atoms with Gasteiger partial charge in [0.2, 0.25) is 5.91 Å². The molecule has 5 N–H and O–H groups in total. The summed E-state index contributed by atoms with van der Waals surface area (Å²) in [5.74, 6) is -1.02. The van der Waals surface area contributed by atoms with Crippen molar-refractivity contribution < 1.29 is 9.59 Å². The first-order valence-electron chi connectivity index (χ1n) is 4.42. The highest BCUT2D eigenvalue weighted by molar-refractivity contribution is 5.94. The minimum atomic E-state index is -0.593. The summed E-state index contributed by atoms with van der Waals surface area (Å²) in [4.78, 5) is 25.6. The molecule has 0 fully saturated rings. The molecule has 0 aromatic carbocycles. The number of primary amides is 1. The third kappa shape index (κ3) is 3.39. The number of carbonyl (C=O) groups excluding carboxylic acids is 2. The Bertz CT molecular complexity index is 360. The van der Waals surface area contributed by atoms with Crippen molar-refractivity contribution in [3.63, 3.8) is 0 Å². The van der Waals surface area contributed by atoms with Gasteiger partial charge >= 0.3 is 0 Å². The Morgan fingerprint density at radius 1 is 1.53 bits per heavy atom. The highest BCUT2D eigenvalue weighted by atomic mass is 16.2. The summed E-state index contributed by atoms with van der Waals surface area (Å²) >= 11 is 0. The molecular formula is C8H13N5O2. The summed E-state index contributed by atoms with van der Waals surface area (Å²) in [5, 5.41) is 2.33. The summed E-state index contributed by atoms with van der Waals surface area (Å²) in [6.07, 6.45) is 3.06. The number of hydrogen-bond acceptors (Lipinski definition) is 4. The number of aromatic nitrogens is 2. The quantitative estimate of drug-likeness (QED) is 0.525. The van der Waals surface area contributed by atoms with Gasteiger partial charge in [-0.2, -0.15) is 0 Å². The minimum absolute atomic E-state index is 0.192. The van der Waals surface area contributed by atoms with Gasteiger partial charge in [0.05, 0.1) is 12.9 Å². The second-order valence-corrected chi connectivity index (χ2v) is 2.93. The zero-order valence-corrected chi connectivity index (χ0v) is 8.14. The second kappa shape index (κ2) is 5.11. The van der Waals surface area contributed by atoms with Crippen LogP contribution in [0.25, 0.3) is 0 Å². The van der Waals surface area contributed by atoms with Gasteiger partial charge in [0, 0.05) is 19.3 Å². The van der Waals surface area contributed by atoms with Gasteiger partial charge in [-0.1, -0.05) is 0 Å². The van der Waals surface area contributed by atoms with Crippen LogP contribution < -0.4 is 16.8 Å². The van der Waals surface area contributed by atoms with E-state index >= 15 is 0 Å². The standard InChI is InChI=1S/C8H13N5O2/c9-1-2-13-4-6(12-5-13)8(15)11-3-7(10)14/h4-5H,1-3,9H2,(H2,10,14)(H,11,15). The molecule has 0 unspecified atom stereocenters. The highest BCUT2D eigenvalue weighted by Gasteiger charge is 2.09. The van der Waals surface area contributed by atoms with Crippen molar-refractivity contribution in [3.05, 3.63) is 18.2 Å². The number of hydrogen-bond donors (Lipinski definition) is 3. The van der Waals surface area contributed by atoms with E-state index in [1.54, 1.807) is 10.8 Å². The van der Waals surface area contributed by atoms with Gasteiger partial charge in [-0.05, 0) is 0 Å². The molecule has 0 aliphatic rings. The van der Waals surface area contributed by atoms with Crippen LogP contribution in [-0.4, -0.2) is 34.5 Å². The number of carbonyl (C=O) groups is 2. The van der Waals surface area contributed by atoms with E-state index in [4.69, 9.17) is 11.5 Å². The Morgan fingerprint density at radius 3 is 2.87 bits per heavy atom. The van der Waals surface area contributed by atoms with Gasteiger partial charge < -0.3 is 21.4 Å². The number of nitrogens with one attached hydrogen (secondary N) is 1. The zero-order valence-electron chi connectivity index (χ0n) is 8.14. The first-order valence-corrected chi connectivity index (χ1v) is 4.42. The summed E-state index contributed by atoms with van der Waals surface area (Å²) in [7, 11) is 0. The molecule has 1 rings (SSSR count). The van der Waals surface area contributed by atoms with Crippen molar-refractivity contribution in [1.82, 2.24) is 14.9 Å². The fraction of sp³-hybridized carbons (Fsp3) is 0.375. The summed E-state index contributed by atoms with van der Waals surface area (Å²) in [6.45, 7) is 0.872. The average molecular weight is 211 g/mol. The van der Waals surface area contributed by atoms with Crippen molar-refractivity contribution in [1.29, 1.82) is 0 Å². The third-order valence-electron chi connectivity index (χ3n) is 1.68. The molecule has 0 bridgehead atoms. The molecule has 2 amide bonds. The third-order valence-corrected chi connectivity index (χ3v) is 1.68. The van der Waals surface area contributed by atoms with E-state index in [9.17, 15) is 9.59 Å². The molecule has 0 saturated heterocycles. The van der Waals surface area contributed by atoms with E-state index in [0.717, 1.165) is 0 Å². The summed E-state index contributed by atoms with van der Waals surface area (Å²) in [6, 6.07) is 0. The van der Waals surface area contributed by atoms with Crippen LogP contribution >= 0.6 is 0 Å². The molecule has 7 heteroatoms. The van der Waals surface area contributed by atoms with Crippen molar-refractivity contribution >= 4 is 11.8 Å². The van der Waals surface area contributed by atoms with Crippen LogP contribution in [0.5, 0.6) is 0 Å². The van der Waals surface area contributed by atoms with E-state index in [2.05, 4.69) is 10.3 Å². The van der Waals surface area contributed by atoms with Crippen LogP contribution in [0.1, 0.15) is 10.5 Å². The smallest absolute Gasteiger partial charge is 0.271 e. The Balaban J connectivity index is 2.54. The van der Waals surface area contributed by atoms with E-state index < -0.39 is 11.8 Å². The van der Waals surface area contributed by atoms with Crippen LogP contribution in [0.4, 0.5) is 0 Å². The van der Waals surface area contributed by atoms with Gasteiger partial charge in [0.1, 0.15) is 5.69 Å². The van der Waals surface area contributed by atoms with E-state index in [0.29, 0.717) is 13.1 Å². The lowest BCUT2D eigenvalue weighted by atomic mass is 10.4. The zero-order chi connectivity index (χ0) is 11.3.